The summed E-state index contributed by atoms with van der Waals surface area (Å²) in [6.45, 7) is 3.26. The molecular weight excluding hydrogens is 300 g/mol. The van der Waals surface area contributed by atoms with Crippen LogP contribution in [0.2, 0.25) is 5.02 Å². The molecule has 2 heterocycles. The Hall–Kier alpha value is -1.81. The van der Waals surface area contributed by atoms with E-state index in [1.54, 1.807) is 0 Å². The third-order valence-corrected chi connectivity index (χ3v) is 4.23. The van der Waals surface area contributed by atoms with Crippen LogP contribution in [0.25, 0.3) is 10.8 Å². The summed E-state index contributed by atoms with van der Waals surface area (Å²) in [5.74, 6) is 1.16. The molecule has 1 unspecified atom stereocenters. The van der Waals surface area contributed by atoms with Gasteiger partial charge in [0.2, 0.25) is 11.8 Å². The topological polar surface area (TPSA) is 51.2 Å². The van der Waals surface area contributed by atoms with Crippen molar-refractivity contribution in [2.75, 3.05) is 13.2 Å². The zero-order chi connectivity index (χ0) is 15.5. The molecule has 5 heteroatoms. The number of pyridine rings is 1. The lowest BCUT2D eigenvalue weighted by molar-refractivity contribution is -0.120. The molecule has 1 aliphatic heterocycles. The van der Waals surface area contributed by atoms with Gasteiger partial charge in [-0.25, -0.2) is 4.98 Å². The highest BCUT2D eigenvalue weighted by Crippen LogP contribution is 2.28. The van der Waals surface area contributed by atoms with Crippen molar-refractivity contribution in [3.8, 4) is 5.88 Å². The van der Waals surface area contributed by atoms with Gasteiger partial charge in [0, 0.05) is 29.1 Å². The average Bonchev–Trinajstić information content (AvgIpc) is 2.68. The van der Waals surface area contributed by atoms with Crippen LogP contribution in [-0.4, -0.2) is 24.0 Å². The Kier molecular flexibility index (Phi) is 4.48. The number of hydrogen-bond donors (Lipinski definition) is 1. The lowest BCUT2D eigenvalue weighted by atomic mass is 10.0. The number of ether oxygens (including phenoxy) is 1. The number of halogens is 1. The van der Waals surface area contributed by atoms with Gasteiger partial charge >= 0.3 is 0 Å². The van der Waals surface area contributed by atoms with E-state index in [0.717, 1.165) is 35.9 Å². The highest BCUT2D eigenvalue weighted by molar-refractivity contribution is 6.31. The maximum atomic E-state index is 11.4. The first kappa shape index (κ1) is 15.1. The van der Waals surface area contributed by atoms with Crippen LogP contribution in [-0.2, 0) is 4.79 Å². The highest BCUT2D eigenvalue weighted by Gasteiger charge is 2.17. The minimum atomic E-state index is 0.135. The Labute approximate surface area is 134 Å². The number of carbonyl (C=O) groups is 1. The van der Waals surface area contributed by atoms with Crippen molar-refractivity contribution in [1.82, 2.24) is 10.3 Å². The fourth-order valence-corrected chi connectivity index (χ4v) is 2.96. The van der Waals surface area contributed by atoms with Crippen LogP contribution in [0.4, 0.5) is 0 Å². The number of hydrogen-bond acceptors (Lipinski definition) is 3. The molecule has 4 nitrogen and oxygen atoms in total. The summed E-state index contributed by atoms with van der Waals surface area (Å²) in [7, 11) is 0. The average molecular weight is 319 g/mol. The Morgan fingerprint density at radius 3 is 3.09 bits per heavy atom. The van der Waals surface area contributed by atoms with Crippen molar-refractivity contribution in [2.45, 2.75) is 26.2 Å². The largest absolute Gasteiger partial charge is 0.477 e. The van der Waals surface area contributed by atoms with Gasteiger partial charge in [0.05, 0.1) is 6.61 Å². The molecule has 2 aromatic rings. The molecule has 1 atom stereocenters. The zero-order valence-corrected chi connectivity index (χ0v) is 13.3. The fourth-order valence-electron chi connectivity index (χ4n) is 2.78. The summed E-state index contributed by atoms with van der Waals surface area (Å²) in [6, 6.07) is 7.72. The SMILES string of the molecule is Cc1cc2cc(Cl)ccc2c(OCC2CCNC(=O)CC2)n1. The van der Waals surface area contributed by atoms with E-state index in [4.69, 9.17) is 16.3 Å². The molecule has 0 radical (unpaired) electrons. The van der Waals surface area contributed by atoms with Crippen LogP contribution in [0.1, 0.15) is 25.0 Å². The molecule has 1 saturated heterocycles. The molecule has 1 aliphatic rings. The molecule has 116 valence electrons. The monoisotopic (exact) mass is 318 g/mol. The molecule has 1 N–H and O–H groups in total. The van der Waals surface area contributed by atoms with Crippen LogP contribution in [0.5, 0.6) is 5.88 Å². The Bertz CT molecular complexity index is 697. The summed E-state index contributed by atoms with van der Waals surface area (Å²) in [5.41, 5.74) is 0.905. The van der Waals surface area contributed by atoms with Gasteiger partial charge in [-0.2, -0.15) is 0 Å². The zero-order valence-electron chi connectivity index (χ0n) is 12.6. The first-order valence-corrected chi connectivity index (χ1v) is 7.96. The van der Waals surface area contributed by atoms with Crippen LogP contribution >= 0.6 is 11.6 Å². The summed E-state index contributed by atoms with van der Waals surface area (Å²) >= 11 is 6.05. The van der Waals surface area contributed by atoms with E-state index in [-0.39, 0.29) is 5.91 Å². The summed E-state index contributed by atoms with van der Waals surface area (Å²) in [4.78, 5) is 15.9. The van der Waals surface area contributed by atoms with Gasteiger partial charge in [0.15, 0.2) is 0 Å². The molecule has 1 aromatic carbocycles. The number of amides is 1. The smallest absolute Gasteiger partial charge is 0.221 e. The summed E-state index contributed by atoms with van der Waals surface area (Å²) in [5, 5.41) is 5.60. The molecule has 1 aromatic heterocycles. The van der Waals surface area contributed by atoms with Gasteiger partial charge in [-0.05, 0) is 55.3 Å². The summed E-state index contributed by atoms with van der Waals surface area (Å²) < 4.78 is 5.98. The number of fused-ring (bicyclic) bond motifs is 1. The molecular formula is C17H19ClN2O2. The van der Waals surface area contributed by atoms with Crippen molar-refractivity contribution >= 4 is 28.3 Å². The van der Waals surface area contributed by atoms with Gasteiger partial charge in [0.25, 0.3) is 0 Å². The van der Waals surface area contributed by atoms with Crippen molar-refractivity contribution in [2.24, 2.45) is 5.92 Å². The Morgan fingerprint density at radius 2 is 2.23 bits per heavy atom. The number of rotatable bonds is 3. The fraction of sp³-hybridized carbons (Fsp3) is 0.412. The van der Waals surface area contributed by atoms with Gasteiger partial charge in [-0.3, -0.25) is 4.79 Å². The van der Waals surface area contributed by atoms with Gasteiger partial charge < -0.3 is 10.1 Å². The van der Waals surface area contributed by atoms with E-state index < -0.39 is 0 Å². The van der Waals surface area contributed by atoms with E-state index in [9.17, 15) is 4.79 Å². The van der Waals surface area contributed by atoms with E-state index >= 15 is 0 Å². The van der Waals surface area contributed by atoms with Crippen LogP contribution in [0.15, 0.2) is 24.3 Å². The number of benzene rings is 1. The number of aromatic nitrogens is 1. The number of nitrogens with one attached hydrogen (secondary N) is 1. The Morgan fingerprint density at radius 1 is 1.36 bits per heavy atom. The maximum Gasteiger partial charge on any atom is 0.221 e. The molecule has 0 spiro atoms. The predicted octanol–water partition coefficient (Wildman–Crippen LogP) is 3.49. The van der Waals surface area contributed by atoms with E-state index in [1.165, 1.54) is 0 Å². The van der Waals surface area contributed by atoms with Crippen molar-refractivity contribution < 1.29 is 9.53 Å². The van der Waals surface area contributed by atoms with Crippen molar-refractivity contribution in [3.05, 3.63) is 35.0 Å². The molecule has 3 rings (SSSR count). The first-order chi connectivity index (χ1) is 10.6. The molecule has 0 bridgehead atoms. The van der Waals surface area contributed by atoms with Crippen LogP contribution in [0.3, 0.4) is 0 Å². The molecule has 1 amide bonds. The van der Waals surface area contributed by atoms with Crippen LogP contribution in [0, 0.1) is 12.8 Å². The maximum absolute atomic E-state index is 11.4. The van der Waals surface area contributed by atoms with E-state index in [1.807, 2.05) is 31.2 Å². The first-order valence-electron chi connectivity index (χ1n) is 7.58. The van der Waals surface area contributed by atoms with E-state index in [2.05, 4.69) is 10.3 Å². The normalized spacial score (nSPS) is 18.8. The highest BCUT2D eigenvalue weighted by atomic mass is 35.5. The second-order valence-electron chi connectivity index (χ2n) is 5.79. The predicted molar refractivity (Wildman–Crippen MR) is 87.3 cm³/mol. The van der Waals surface area contributed by atoms with Crippen LogP contribution < -0.4 is 10.1 Å². The van der Waals surface area contributed by atoms with Gasteiger partial charge in [0.1, 0.15) is 0 Å². The third-order valence-electron chi connectivity index (χ3n) is 4.00. The van der Waals surface area contributed by atoms with E-state index in [0.29, 0.717) is 29.8 Å². The number of nitrogens with zero attached hydrogens (tertiary/aromatic N) is 1. The quantitative estimate of drug-likeness (QED) is 0.942. The number of carbonyl (C=O) groups excluding carboxylic acids is 1. The summed E-state index contributed by atoms with van der Waals surface area (Å²) in [6.07, 6.45) is 2.38. The van der Waals surface area contributed by atoms with Gasteiger partial charge in [-0.1, -0.05) is 11.6 Å². The lowest BCUT2D eigenvalue weighted by Gasteiger charge is -2.15. The standard InChI is InChI=1S/C17H19ClN2O2/c1-11-8-13-9-14(18)3-4-15(13)17(20-11)22-10-12-2-5-16(21)19-7-6-12/h3-4,8-9,12H,2,5-7,10H2,1H3,(H,19,21). The minimum Gasteiger partial charge on any atom is -0.477 e. The molecule has 22 heavy (non-hydrogen) atoms. The number of aryl methyl sites for hydroxylation is 1. The van der Waals surface area contributed by atoms with Gasteiger partial charge in [-0.15, -0.1) is 0 Å². The molecule has 0 aliphatic carbocycles. The second kappa shape index (κ2) is 6.53. The van der Waals surface area contributed by atoms with Crippen molar-refractivity contribution in [3.63, 3.8) is 0 Å². The Balaban J connectivity index is 1.77. The minimum absolute atomic E-state index is 0.135. The third kappa shape index (κ3) is 3.50. The lowest BCUT2D eigenvalue weighted by Crippen LogP contribution is -2.21. The van der Waals surface area contributed by atoms with Crippen molar-refractivity contribution in [1.29, 1.82) is 0 Å². The molecule has 0 saturated carbocycles. The molecule has 1 fully saturated rings. The second-order valence-corrected chi connectivity index (χ2v) is 6.23.